The number of carbonyl (C=O) groups is 6. The number of rotatable bonds is 12. The minimum atomic E-state index is -1.64. The highest BCUT2D eigenvalue weighted by molar-refractivity contribution is 6.01. The number of carboxylic acid groups (broad SMARTS) is 2. The maximum atomic E-state index is 15.0. The molecular weight excluding hydrogens is 815 g/mol. The molecule has 3 aromatic carbocycles. The number of hydrogen-bond acceptors (Lipinski definition) is 9. The summed E-state index contributed by atoms with van der Waals surface area (Å²) in [5.41, 5.74) is 10.1. The number of carbonyl (C=O) groups excluding carboxylic acids is 4. The van der Waals surface area contributed by atoms with Gasteiger partial charge in [-0.3, -0.25) is 39.6 Å². The van der Waals surface area contributed by atoms with Crippen molar-refractivity contribution in [2.45, 2.75) is 138 Å². The molecule has 0 radical (unpaired) electrons. The highest BCUT2D eigenvalue weighted by Crippen LogP contribution is 2.61. The molecule has 6 amide bonds. The summed E-state index contributed by atoms with van der Waals surface area (Å²) in [5.74, 6) is -2.56. The fourth-order valence-corrected chi connectivity index (χ4v) is 13.7. The number of likely N-dealkylation sites (tertiary alicyclic amines) is 2. The summed E-state index contributed by atoms with van der Waals surface area (Å²) in [4.78, 5) is 87.8. The van der Waals surface area contributed by atoms with Gasteiger partial charge in [0.05, 0.1) is 5.54 Å². The van der Waals surface area contributed by atoms with E-state index in [0.717, 1.165) is 11.3 Å². The lowest BCUT2D eigenvalue weighted by atomic mass is 9.56. The standard InChI is InChI=1S/C49H61N7O8/c1-28(2)30-11-21-35(22-12-30)56-37(36-9-7-23-54(36)48(41(59)52-43(61)62)33-17-13-31(14-18-33)45(48,4)26-39(50)57)25-29(3)47(56,6)38-10-8-24-55(38)49(42(60)53-44(63)64)34-19-15-32(16-20-34)46(49,5)27-40(51)58/h11-22,28-29,36-38H,7-10,23-27H2,1-6H3,(H2,50,57)(H2,51,58)(H,52,59)(H,53,60)(H,61,62)(H,63,64)/t29?,36?,37-,38?,45?,46?,47-,48-,49-/m1/s1. The first-order valence-electron chi connectivity index (χ1n) is 22.5. The molecule has 64 heavy (non-hydrogen) atoms. The van der Waals surface area contributed by atoms with E-state index in [0.29, 0.717) is 67.4 Å². The maximum absolute atomic E-state index is 15.0. The van der Waals surface area contributed by atoms with E-state index in [2.05, 4.69) is 77.3 Å². The lowest BCUT2D eigenvalue weighted by molar-refractivity contribution is -0.145. The van der Waals surface area contributed by atoms with E-state index in [1.165, 1.54) is 0 Å². The molecule has 5 unspecified atom stereocenters. The van der Waals surface area contributed by atoms with Crippen molar-refractivity contribution in [1.29, 1.82) is 0 Å². The van der Waals surface area contributed by atoms with Crippen molar-refractivity contribution >= 4 is 41.5 Å². The maximum Gasteiger partial charge on any atom is 0.411 e. The van der Waals surface area contributed by atoms with Crippen molar-refractivity contribution < 1.29 is 39.0 Å². The molecule has 4 aliphatic carbocycles. The summed E-state index contributed by atoms with van der Waals surface area (Å²) in [5, 5.41) is 24.7. The minimum absolute atomic E-state index is 0.0766. The van der Waals surface area contributed by atoms with Crippen LogP contribution >= 0.6 is 0 Å². The molecular formula is C49H61N7O8. The Morgan fingerprint density at radius 1 is 0.656 bits per heavy atom. The summed E-state index contributed by atoms with van der Waals surface area (Å²) in [6, 6.07) is 22.4. The normalized spacial score (nSPS) is 33.1. The molecule has 9 atom stereocenters. The number of hydrogen-bond donors (Lipinski definition) is 6. The third-order valence-electron chi connectivity index (χ3n) is 16.4. The van der Waals surface area contributed by atoms with Crippen LogP contribution in [0.1, 0.15) is 120 Å². The molecule has 15 nitrogen and oxygen atoms in total. The van der Waals surface area contributed by atoms with Gasteiger partial charge in [0.2, 0.25) is 11.8 Å². The van der Waals surface area contributed by atoms with Gasteiger partial charge in [0.15, 0.2) is 0 Å². The van der Waals surface area contributed by atoms with E-state index < -0.39 is 63.3 Å². The molecule has 3 aromatic rings. The van der Waals surface area contributed by atoms with Crippen molar-refractivity contribution in [3.63, 3.8) is 0 Å². The van der Waals surface area contributed by atoms with E-state index in [-0.39, 0.29) is 42.8 Å². The average molecular weight is 876 g/mol. The minimum Gasteiger partial charge on any atom is -0.465 e. The molecule has 340 valence electrons. The summed E-state index contributed by atoms with van der Waals surface area (Å²) in [6.45, 7) is 13.2. The van der Waals surface area contributed by atoms with Crippen LogP contribution in [-0.2, 0) is 41.1 Å². The zero-order chi connectivity index (χ0) is 46.3. The van der Waals surface area contributed by atoms with Gasteiger partial charge in [-0.05, 0) is 104 Å². The van der Waals surface area contributed by atoms with Crippen LogP contribution in [0.4, 0.5) is 15.3 Å². The van der Waals surface area contributed by atoms with Crippen LogP contribution in [0.3, 0.4) is 0 Å². The third kappa shape index (κ3) is 6.20. The fourth-order valence-electron chi connectivity index (χ4n) is 13.7. The van der Waals surface area contributed by atoms with Gasteiger partial charge >= 0.3 is 12.2 Å². The fraction of sp³-hybridized carbons (Fsp3) is 0.510. The van der Waals surface area contributed by atoms with E-state index in [1.807, 2.05) is 62.4 Å². The number of amides is 6. The van der Waals surface area contributed by atoms with Gasteiger partial charge in [0.25, 0.3) is 11.8 Å². The molecule has 10 rings (SSSR count). The quantitative estimate of drug-likeness (QED) is 0.135. The Balaban J connectivity index is 1.33. The van der Waals surface area contributed by atoms with Crippen molar-refractivity contribution in [2.24, 2.45) is 17.4 Å². The summed E-state index contributed by atoms with van der Waals surface area (Å²) in [6.07, 6.45) is -0.136. The smallest absolute Gasteiger partial charge is 0.411 e. The number of benzene rings is 3. The zero-order valence-electron chi connectivity index (χ0n) is 37.5. The van der Waals surface area contributed by atoms with Crippen LogP contribution in [0.25, 0.3) is 0 Å². The van der Waals surface area contributed by atoms with E-state index >= 15 is 4.79 Å². The van der Waals surface area contributed by atoms with Gasteiger partial charge < -0.3 is 26.6 Å². The highest BCUT2D eigenvalue weighted by atomic mass is 16.4. The third-order valence-corrected chi connectivity index (χ3v) is 16.4. The van der Waals surface area contributed by atoms with Crippen LogP contribution in [0, 0.1) is 5.92 Å². The summed E-state index contributed by atoms with van der Waals surface area (Å²) in [7, 11) is 0. The molecule has 3 aliphatic heterocycles. The monoisotopic (exact) mass is 875 g/mol. The Morgan fingerprint density at radius 3 is 1.55 bits per heavy atom. The lowest BCUT2D eigenvalue weighted by Crippen LogP contribution is -2.74. The van der Waals surface area contributed by atoms with Gasteiger partial charge in [-0.2, -0.15) is 0 Å². The average Bonchev–Trinajstić information content (AvgIpc) is 3.97. The first-order chi connectivity index (χ1) is 30.2. The Bertz CT molecular complexity index is 2390. The van der Waals surface area contributed by atoms with Crippen LogP contribution < -0.4 is 27.0 Å². The summed E-state index contributed by atoms with van der Waals surface area (Å²) >= 11 is 0. The second-order valence-electron chi connectivity index (χ2n) is 19.8. The Morgan fingerprint density at radius 2 is 1.09 bits per heavy atom. The summed E-state index contributed by atoms with van der Waals surface area (Å²) < 4.78 is 0. The second kappa shape index (κ2) is 15.7. The Hall–Kier alpha value is -5.80. The molecule has 0 saturated carbocycles. The van der Waals surface area contributed by atoms with Crippen molar-refractivity contribution in [2.75, 3.05) is 18.0 Å². The molecule has 7 aliphatic rings. The number of fused-ring (bicyclic) bond motifs is 6. The van der Waals surface area contributed by atoms with Gasteiger partial charge in [0, 0.05) is 47.5 Å². The topological polar surface area (TPSA) is 229 Å². The predicted molar refractivity (Wildman–Crippen MR) is 239 cm³/mol. The van der Waals surface area contributed by atoms with Crippen molar-refractivity contribution in [3.8, 4) is 0 Å². The van der Waals surface area contributed by atoms with Crippen LogP contribution in [0.5, 0.6) is 0 Å². The number of nitrogens with two attached hydrogens (primary N) is 2. The molecule has 15 heteroatoms. The van der Waals surface area contributed by atoms with E-state index in [4.69, 9.17) is 11.5 Å². The predicted octanol–water partition coefficient (Wildman–Crippen LogP) is 5.39. The molecule has 0 spiro atoms. The zero-order valence-corrected chi connectivity index (χ0v) is 37.5. The van der Waals surface area contributed by atoms with E-state index in [1.54, 1.807) is 0 Å². The molecule has 3 fully saturated rings. The number of primary amides is 2. The second-order valence-corrected chi connectivity index (χ2v) is 19.8. The van der Waals surface area contributed by atoms with Crippen LogP contribution in [0.15, 0.2) is 72.8 Å². The number of anilines is 1. The van der Waals surface area contributed by atoms with Crippen molar-refractivity contribution in [3.05, 3.63) is 101 Å². The van der Waals surface area contributed by atoms with Gasteiger partial charge in [0.1, 0.15) is 11.1 Å². The molecule has 4 bridgehead atoms. The van der Waals surface area contributed by atoms with Crippen molar-refractivity contribution in [1.82, 2.24) is 20.4 Å². The molecule has 3 heterocycles. The SMILES string of the molecule is CC(C)c1ccc(N2[C@@H](C3CCCN3[C@@]3(C(=O)NC(=O)O)c4ccc(cc4)C3(C)CC(N)=O)CC(C)[C@]2(C)C2CCCN2[C@@]2(C(=O)NC(=O)O)c3ccc(cc3)C2(C)CC(N)=O)cc1. The first-order valence-corrected chi connectivity index (χ1v) is 22.5. The number of nitrogens with one attached hydrogen (secondary N) is 2. The highest BCUT2D eigenvalue weighted by Gasteiger charge is 2.70. The van der Waals surface area contributed by atoms with Crippen LogP contribution in [-0.4, -0.2) is 92.6 Å². The van der Waals surface area contributed by atoms with Gasteiger partial charge in [-0.1, -0.05) is 95.3 Å². The van der Waals surface area contributed by atoms with Gasteiger partial charge in [-0.25, -0.2) is 9.59 Å². The number of nitrogens with zero attached hydrogens (tertiary/aromatic N) is 3. The van der Waals surface area contributed by atoms with E-state index in [9.17, 15) is 34.2 Å². The molecule has 0 aromatic heterocycles. The Kier molecular flexibility index (Phi) is 11.0. The Labute approximate surface area is 373 Å². The largest absolute Gasteiger partial charge is 0.465 e. The lowest BCUT2D eigenvalue weighted by Gasteiger charge is -2.60. The number of imide groups is 2. The molecule has 3 saturated heterocycles. The van der Waals surface area contributed by atoms with Crippen LogP contribution in [0.2, 0.25) is 0 Å². The first kappa shape index (κ1) is 44.8. The molecule has 8 N–H and O–H groups in total. The van der Waals surface area contributed by atoms with Gasteiger partial charge in [-0.15, -0.1) is 0 Å².